The van der Waals surface area contributed by atoms with Gasteiger partial charge in [0.05, 0.1) is 6.54 Å². The van der Waals surface area contributed by atoms with Crippen molar-refractivity contribution >= 4 is 23.3 Å². The van der Waals surface area contributed by atoms with E-state index < -0.39 is 0 Å². The molecule has 0 radical (unpaired) electrons. The number of piperidine rings is 1. The molecule has 2 aliphatic rings. The first kappa shape index (κ1) is 19.2. The summed E-state index contributed by atoms with van der Waals surface area (Å²) in [6, 6.07) is 4.02. The molecule has 144 valence electrons. The lowest BCUT2D eigenvalue weighted by molar-refractivity contribution is -0.127. The molecular formula is C19H29N3O3S. The van der Waals surface area contributed by atoms with E-state index in [1.807, 2.05) is 27.3 Å². The van der Waals surface area contributed by atoms with Crippen LogP contribution in [0.25, 0.3) is 0 Å². The second-order valence-electron chi connectivity index (χ2n) is 7.13. The lowest BCUT2D eigenvalue weighted by Crippen LogP contribution is -2.45. The van der Waals surface area contributed by atoms with Gasteiger partial charge in [-0.2, -0.15) is 0 Å². The predicted molar refractivity (Wildman–Crippen MR) is 102 cm³/mol. The third-order valence-corrected chi connectivity index (χ3v) is 6.43. The van der Waals surface area contributed by atoms with Crippen LogP contribution < -0.4 is 5.32 Å². The predicted octanol–water partition coefficient (Wildman–Crippen LogP) is 2.87. The van der Waals surface area contributed by atoms with Crippen molar-refractivity contribution in [3.63, 3.8) is 0 Å². The third-order valence-electron chi connectivity index (χ3n) is 5.46. The Morgan fingerprint density at radius 3 is 2.81 bits per heavy atom. The number of carbonyl (C=O) groups is 2. The van der Waals surface area contributed by atoms with E-state index in [0.29, 0.717) is 24.8 Å². The van der Waals surface area contributed by atoms with Gasteiger partial charge in [-0.25, -0.2) is 4.79 Å². The van der Waals surface area contributed by atoms with Crippen LogP contribution in [0.1, 0.15) is 43.1 Å². The zero-order valence-corrected chi connectivity index (χ0v) is 16.3. The van der Waals surface area contributed by atoms with E-state index in [1.54, 1.807) is 18.4 Å². The number of nitrogens with one attached hydrogen (secondary N) is 1. The Balaban J connectivity index is 1.36. The highest BCUT2D eigenvalue weighted by Crippen LogP contribution is 2.23. The van der Waals surface area contributed by atoms with Gasteiger partial charge < -0.3 is 19.9 Å². The number of thiophene rings is 1. The Hall–Kier alpha value is -1.60. The molecule has 2 aliphatic heterocycles. The van der Waals surface area contributed by atoms with E-state index in [1.165, 1.54) is 0 Å². The van der Waals surface area contributed by atoms with Gasteiger partial charge in [0.1, 0.15) is 6.10 Å². The fraction of sp³-hybridized carbons (Fsp3) is 0.684. The number of urea groups is 1. The summed E-state index contributed by atoms with van der Waals surface area (Å²) in [7, 11) is 1.67. The maximum absolute atomic E-state index is 12.4. The van der Waals surface area contributed by atoms with E-state index in [-0.39, 0.29) is 12.1 Å². The Labute approximate surface area is 159 Å². The van der Waals surface area contributed by atoms with Crippen LogP contribution in [0.5, 0.6) is 0 Å². The van der Waals surface area contributed by atoms with Crippen LogP contribution >= 0.6 is 11.3 Å². The maximum Gasteiger partial charge on any atom is 0.317 e. The zero-order chi connectivity index (χ0) is 18.4. The van der Waals surface area contributed by atoms with Crippen molar-refractivity contribution < 1.29 is 14.3 Å². The number of rotatable bonds is 7. The molecule has 1 aromatic rings. The first-order valence-electron chi connectivity index (χ1n) is 9.54. The van der Waals surface area contributed by atoms with Crippen LogP contribution in [0.3, 0.4) is 0 Å². The van der Waals surface area contributed by atoms with Crippen LogP contribution in [0.15, 0.2) is 17.5 Å². The van der Waals surface area contributed by atoms with E-state index in [4.69, 9.17) is 4.74 Å². The second-order valence-corrected chi connectivity index (χ2v) is 8.11. The van der Waals surface area contributed by atoms with Gasteiger partial charge in [-0.3, -0.25) is 4.79 Å². The number of carbonyl (C=O) groups excluding carboxylic acids is 2. The molecular weight excluding hydrogens is 350 g/mol. The molecule has 1 N–H and O–H groups in total. The minimum Gasteiger partial charge on any atom is -0.374 e. The fourth-order valence-electron chi connectivity index (χ4n) is 3.77. The Bertz CT molecular complexity index is 585. The van der Waals surface area contributed by atoms with Gasteiger partial charge in [0.15, 0.2) is 0 Å². The van der Waals surface area contributed by atoms with E-state index >= 15 is 0 Å². The summed E-state index contributed by atoms with van der Waals surface area (Å²) in [6.45, 7) is 3.88. The maximum atomic E-state index is 12.4. The number of ether oxygens (including phenoxy) is 1. The number of methoxy groups -OCH3 is 1. The van der Waals surface area contributed by atoms with Crippen molar-refractivity contribution in [1.82, 2.24) is 15.1 Å². The molecule has 3 rings (SSSR count). The van der Waals surface area contributed by atoms with Crippen molar-refractivity contribution in [2.75, 3.05) is 39.8 Å². The van der Waals surface area contributed by atoms with Gasteiger partial charge in [0.2, 0.25) is 5.91 Å². The average molecular weight is 380 g/mol. The minimum absolute atomic E-state index is 0.00298. The van der Waals surface area contributed by atoms with Crippen LogP contribution in [0.4, 0.5) is 4.79 Å². The number of nitrogens with zero attached hydrogens (tertiary/aromatic N) is 2. The van der Waals surface area contributed by atoms with Crippen molar-refractivity contribution in [3.05, 3.63) is 22.4 Å². The molecule has 1 atom stereocenters. The van der Waals surface area contributed by atoms with E-state index in [0.717, 1.165) is 56.7 Å². The topological polar surface area (TPSA) is 61.9 Å². The largest absolute Gasteiger partial charge is 0.374 e. The highest BCUT2D eigenvalue weighted by molar-refractivity contribution is 7.10. The molecule has 0 bridgehead atoms. The molecule has 0 spiro atoms. The SMILES string of the molecule is COC(CNC(=O)N1CCC(CCN2CCCC2=O)CC1)c1cccs1. The van der Waals surface area contributed by atoms with Gasteiger partial charge in [-0.05, 0) is 43.0 Å². The summed E-state index contributed by atoms with van der Waals surface area (Å²) in [5.74, 6) is 0.922. The summed E-state index contributed by atoms with van der Waals surface area (Å²) < 4.78 is 5.48. The Morgan fingerprint density at radius 2 is 2.19 bits per heavy atom. The van der Waals surface area contributed by atoms with Crippen LogP contribution in [-0.2, 0) is 9.53 Å². The van der Waals surface area contributed by atoms with Crippen molar-refractivity contribution in [3.8, 4) is 0 Å². The smallest absolute Gasteiger partial charge is 0.317 e. The molecule has 2 fully saturated rings. The first-order valence-corrected chi connectivity index (χ1v) is 10.4. The number of likely N-dealkylation sites (tertiary alicyclic amines) is 2. The molecule has 2 saturated heterocycles. The number of amides is 3. The summed E-state index contributed by atoms with van der Waals surface area (Å²) >= 11 is 1.64. The molecule has 0 saturated carbocycles. The van der Waals surface area contributed by atoms with Crippen LogP contribution in [0, 0.1) is 5.92 Å². The normalized spacial score (nSPS) is 19.8. The van der Waals surface area contributed by atoms with Crippen molar-refractivity contribution in [2.45, 2.75) is 38.2 Å². The van der Waals surface area contributed by atoms with Gasteiger partial charge in [0, 0.05) is 44.6 Å². The molecule has 0 aliphatic carbocycles. The number of hydrogen-bond acceptors (Lipinski definition) is 4. The Kier molecular flexibility index (Phi) is 6.91. The molecule has 3 heterocycles. The minimum atomic E-state index is -0.0884. The molecule has 26 heavy (non-hydrogen) atoms. The molecule has 1 aromatic heterocycles. The van der Waals surface area contributed by atoms with Crippen LogP contribution in [-0.4, -0.2) is 61.6 Å². The molecule has 7 heteroatoms. The standard InChI is InChI=1S/C19H29N3O3S/c1-25-16(17-4-3-13-26-17)14-20-19(24)22-11-7-15(8-12-22)6-10-21-9-2-5-18(21)23/h3-4,13,15-16H,2,5-12,14H2,1H3,(H,20,24). The highest BCUT2D eigenvalue weighted by Gasteiger charge is 2.25. The van der Waals surface area contributed by atoms with Gasteiger partial charge in [-0.15, -0.1) is 11.3 Å². The van der Waals surface area contributed by atoms with Gasteiger partial charge in [0.25, 0.3) is 0 Å². The zero-order valence-electron chi connectivity index (χ0n) is 15.5. The quantitative estimate of drug-likeness (QED) is 0.792. The van der Waals surface area contributed by atoms with E-state index in [9.17, 15) is 9.59 Å². The van der Waals surface area contributed by atoms with Crippen LogP contribution in [0.2, 0.25) is 0 Å². The molecule has 3 amide bonds. The molecule has 0 aromatic carbocycles. The summed E-state index contributed by atoms with van der Waals surface area (Å²) in [5, 5.41) is 5.02. The average Bonchev–Trinajstić information content (AvgIpc) is 3.33. The molecule has 6 nitrogen and oxygen atoms in total. The lowest BCUT2D eigenvalue weighted by atomic mass is 9.93. The second kappa shape index (κ2) is 9.37. The highest BCUT2D eigenvalue weighted by atomic mass is 32.1. The monoisotopic (exact) mass is 379 g/mol. The van der Waals surface area contributed by atoms with Gasteiger partial charge >= 0.3 is 6.03 Å². The van der Waals surface area contributed by atoms with Crippen molar-refractivity contribution in [2.24, 2.45) is 5.92 Å². The summed E-state index contributed by atoms with van der Waals surface area (Å²) in [4.78, 5) is 29.1. The Morgan fingerprint density at radius 1 is 1.38 bits per heavy atom. The fourth-order valence-corrected chi connectivity index (χ4v) is 4.57. The summed E-state index contributed by atoms with van der Waals surface area (Å²) in [5.41, 5.74) is 0. The molecule has 1 unspecified atom stereocenters. The lowest BCUT2D eigenvalue weighted by Gasteiger charge is -2.33. The van der Waals surface area contributed by atoms with Gasteiger partial charge in [-0.1, -0.05) is 6.07 Å². The number of hydrogen-bond donors (Lipinski definition) is 1. The first-order chi connectivity index (χ1) is 12.7. The third kappa shape index (κ3) is 4.98. The van der Waals surface area contributed by atoms with E-state index in [2.05, 4.69) is 5.32 Å². The summed E-state index contributed by atoms with van der Waals surface area (Å²) in [6.07, 6.45) is 4.74. The van der Waals surface area contributed by atoms with Crippen molar-refractivity contribution in [1.29, 1.82) is 0 Å².